The van der Waals surface area contributed by atoms with E-state index in [1.165, 1.54) is 0 Å². The average Bonchev–Trinajstić information content (AvgIpc) is 3.30. The van der Waals surface area contributed by atoms with Crippen molar-refractivity contribution in [2.75, 3.05) is 6.54 Å². The van der Waals surface area contributed by atoms with E-state index in [0.29, 0.717) is 6.54 Å². The molecule has 3 aromatic heterocycles. The van der Waals surface area contributed by atoms with Crippen molar-refractivity contribution < 1.29 is 18.7 Å². The van der Waals surface area contributed by atoms with Gasteiger partial charge in [-0.05, 0) is 61.9 Å². The topological polar surface area (TPSA) is 92.9 Å². The van der Waals surface area contributed by atoms with Gasteiger partial charge in [0.05, 0.1) is 17.9 Å². The van der Waals surface area contributed by atoms with Gasteiger partial charge in [-0.2, -0.15) is 5.10 Å². The first-order valence-corrected chi connectivity index (χ1v) is 11.2. The molecule has 34 heavy (non-hydrogen) atoms. The summed E-state index contributed by atoms with van der Waals surface area (Å²) in [6.07, 6.45) is 11.0. The fourth-order valence-electron chi connectivity index (χ4n) is 4.45. The lowest BCUT2D eigenvalue weighted by molar-refractivity contribution is 0.0940. The Kier molecular flexibility index (Phi) is 5.91. The molecule has 7 nitrogen and oxygen atoms in total. The Morgan fingerprint density at radius 2 is 1.88 bits per heavy atom. The van der Waals surface area contributed by atoms with E-state index < -0.39 is 23.3 Å². The second kappa shape index (κ2) is 9.17. The van der Waals surface area contributed by atoms with Gasteiger partial charge in [0.25, 0.3) is 5.91 Å². The molecule has 1 saturated carbocycles. The zero-order valence-corrected chi connectivity index (χ0v) is 18.3. The number of nitrogens with zero attached hydrogens (tertiary/aromatic N) is 4. The van der Waals surface area contributed by atoms with Crippen LogP contribution < -0.4 is 5.32 Å². The summed E-state index contributed by atoms with van der Waals surface area (Å²) in [4.78, 5) is 20.9. The minimum atomic E-state index is -1.15. The van der Waals surface area contributed by atoms with E-state index in [2.05, 4.69) is 21.5 Å². The van der Waals surface area contributed by atoms with Crippen LogP contribution in [0.5, 0.6) is 5.75 Å². The molecule has 1 aliphatic rings. The number of phenols is 1. The monoisotopic (exact) mass is 463 g/mol. The van der Waals surface area contributed by atoms with E-state index in [4.69, 9.17) is 5.10 Å². The van der Waals surface area contributed by atoms with Gasteiger partial charge in [0.2, 0.25) is 0 Å². The maximum absolute atomic E-state index is 13.5. The third-order valence-electron chi connectivity index (χ3n) is 6.39. The Bertz CT molecular complexity index is 1310. The molecular formula is C25H23F2N5O2. The van der Waals surface area contributed by atoms with Gasteiger partial charge in [0.1, 0.15) is 5.52 Å². The molecule has 0 aliphatic heterocycles. The maximum Gasteiger partial charge on any atom is 0.251 e. The highest BCUT2D eigenvalue weighted by Crippen LogP contribution is 2.33. The molecule has 1 aliphatic carbocycles. The van der Waals surface area contributed by atoms with Crippen molar-refractivity contribution in [2.45, 2.75) is 31.7 Å². The van der Waals surface area contributed by atoms with Crippen LogP contribution in [0.1, 0.15) is 42.1 Å². The largest absolute Gasteiger partial charge is 0.503 e. The first-order chi connectivity index (χ1) is 16.5. The molecule has 0 radical (unpaired) electrons. The first kappa shape index (κ1) is 21.9. The Balaban J connectivity index is 1.18. The van der Waals surface area contributed by atoms with Gasteiger partial charge in [-0.25, -0.2) is 8.78 Å². The lowest BCUT2D eigenvalue weighted by Gasteiger charge is -2.28. The number of aromatic nitrogens is 4. The molecule has 1 amide bonds. The molecular weight excluding hydrogens is 440 g/mol. The zero-order chi connectivity index (χ0) is 23.7. The van der Waals surface area contributed by atoms with Crippen LogP contribution in [0.4, 0.5) is 8.78 Å². The van der Waals surface area contributed by atoms with Crippen LogP contribution in [0, 0.1) is 17.6 Å². The summed E-state index contributed by atoms with van der Waals surface area (Å²) < 4.78 is 29.0. The molecule has 5 rings (SSSR count). The fraction of sp³-hybridized carbons (Fsp3) is 0.280. The van der Waals surface area contributed by atoms with Crippen LogP contribution in [-0.2, 0) is 0 Å². The number of carbonyl (C=O) groups is 1. The highest BCUT2D eigenvalue weighted by molar-refractivity contribution is 5.94. The van der Waals surface area contributed by atoms with Gasteiger partial charge in [0, 0.05) is 41.6 Å². The predicted molar refractivity (Wildman–Crippen MR) is 122 cm³/mol. The second-order valence-corrected chi connectivity index (χ2v) is 8.65. The van der Waals surface area contributed by atoms with E-state index in [1.54, 1.807) is 18.6 Å². The number of benzene rings is 1. The lowest BCUT2D eigenvalue weighted by atomic mass is 9.86. The number of halogens is 2. The van der Waals surface area contributed by atoms with Gasteiger partial charge in [-0.3, -0.25) is 19.4 Å². The van der Waals surface area contributed by atoms with Crippen LogP contribution >= 0.6 is 0 Å². The molecule has 3 heterocycles. The van der Waals surface area contributed by atoms with Crippen molar-refractivity contribution in [1.29, 1.82) is 0 Å². The Morgan fingerprint density at radius 1 is 1.12 bits per heavy atom. The van der Waals surface area contributed by atoms with E-state index >= 15 is 0 Å². The number of phenolic OH excluding ortho intramolecular Hbond substituents is 1. The molecule has 9 heteroatoms. The molecule has 0 saturated heterocycles. The first-order valence-electron chi connectivity index (χ1n) is 11.2. The van der Waals surface area contributed by atoms with Crippen molar-refractivity contribution in [1.82, 2.24) is 25.1 Å². The summed E-state index contributed by atoms with van der Waals surface area (Å²) in [5, 5.41) is 17.7. The summed E-state index contributed by atoms with van der Waals surface area (Å²) in [5.74, 6) is -3.67. The van der Waals surface area contributed by atoms with Crippen LogP contribution in [-0.4, -0.2) is 37.3 Å². The SMILES string of the molecule is O=C(NC[C@H]1CC[C@H](n2cc3cc(-c4cccnc4)ncc3n2)CC1)c1cc(F)c(O)c(F)c1. The zero-order valence-electron chi connectivity index (χ0n) is 18.3. The number of carbonyl (C=O) groups excluding carboxylic acids is 1. The molecule has 0 spiro atoms. The highest BCUT2D eigenvalue weighted by atomic mass is 19.1. The molecule has 0 bridgehead atoms. The maximum atomic E-state index is 13.5. The minimum Gasteiger partial charge on any atom is -0.503 e. The molecule has 0 atom stereocenters. The lowest BCUT2D eigenvalue weighted by Crippen LogP contribution is -2.31. The third kappa shape index (κ3) is 4.46. The number of nitrogens with one attached hydrogen (secondary N) is 1. The van der Waals surface area contributed by atoms with Gasteiger partial charge < -0.3 is 10.4 Å². The van der Waals surface area contributed by atoms with Gasteiger partial charge in [-0.1, -0.05) is 0 Å². The predicted octanol–water partition coefficient (Wildman–Crippen LogP) is 4.64. The third-order valence-corrected chi connectivity index (χ3v) is 6.39. The number of rotatable bonds is 5. The number of pyridine rings is 2. The molecule has 1 aromatic carbocycles. The number of fused-ring (bicyclic) bond motifs is 1. The summed E-state index contributed by atoms with van der Waals surface area (Å²) in [6.45, 7) is 0.426. The fourth-order valence-corrected chi connectivity index (χ4v) is 4.45. The summed E-state index contributed by atoms with van der Waals surface area (Å²) in [5.41, 5.74) is 2.50. The van der Waals surface area contributed by atoms with Crippen molar-refractivity contribution >= 4 is 16.8 Å². The van der Waals surface area contributed by atoms with Crippen LogP contribution in [0.3, 0.4) is 0 Å². The van der Waals surface area contributed by atoms with Crippen molar-refractivity contribution in [3.05, 3.63) is 72.3 Å². The number of hydrogen-bond donors (Lipinski definition) is 2. The normalized spacial score (nSPS) is 18.2. The van der Waals surface area contributed by atoms with E-state index in [-0.39, 0.29) is 17.5 Å². The highest BCUT2D eigenvalue weighted by Gasteiger charge is 2.24. The summed E-state index contributed by atoms with van der Waals surface area (Å²) in [7, 11) is 0. The van der Waals surface area contributed by atoms with E-state index in [9.17, 15) is 18.7 Å². The minimum absolute atomic E-state index is 0.149. The van der Waals surface area contributed by atoms with Crippen LogP contribution in [0.2, 0.25) is 0 Å². The standard InChI is InChI=1S/C25H23F2N5O2/c26-20-8-17(9-21(27)24(20)33)25(34)30-11-15-3-5-19(6-4-15)32-14-18-10-22(29-13-23(18)31-32)16-2-1-7-28-12-16/h1-2,7-10,12-15,19,33H,3-6,11H2,(H,30,34)/t15-,19-. The Morgan fingerprint density at radius 3 is 2.59 bits per heavy atom. The van der Waals surface area contributed by atoms with Crippen LogP contribution in [0.15, 0.2) is 55.1 Å². The number of hydrogen-bond acceptors (Lipinski definition) is 5. The van der Waals surface area contributed by atoms with E-state index in [1.807, 2.05) is 22.9 Å². The van der Waals surface area contributed by atoms with Gasteiger partial charge >= 0.3 is 0 Å². The van der Waals surface area contributed by atoms with Crippen molar-refractivity contribution in [3.8, 4) is 17.0 Å². The Labute approximate surface area is 194 Å². The molecule has 0 unspecified atom stereocenters. The van der Waals surface area contributed by atoms with E-state index in [0.717, 1.165) is 60.0 Å². The number of amides is 1. The molecule has 4 aromatic rings. The quantitative estimate of drug-likeness (QED) is 0.450. The van der Waals surface area contributed by atoms with Gasteiger partial charge in [0.15, 0.2) is 17.4 Å². The van der Waals surface area contributed by atoms with Crippen molar-refractivity contribution in [3.63, 3.8) is 0 Å². The van der Waals surface area contributed by atoms with Gasteiger partial charge in [-0.15, -0.1) is 0 Å². The average molecular weight is 463 g/mol. The van der Waals surface area contributed by atoms with Crippen molar-refractivity contribution in [2.24, 2.45) is 5.92 Å². The molecule has 2 N–H and O–H groups in total. The number of aromatic hydroxyl groups is 1. The molecule has 1 fully saturated rings. The molecule has 174 valence electrons. The smallest absolute Gasteiger partial charge is 0.251 e. The van der Waals surface area contributed by atoms with Crippen LogP contribution in [0.25, 0.3) is 22.2 Å². The summed E-state index contributed by atoms with van der Waals surface area (Å²) in [6, 6.07) is 7.81. The second-order valence-electron chi connectivity index (χ2n) is 8.65. The summed E-state index contributed by atoms with van der Waals surface area (Å²) >= 11 is 0. The Hall–Kier alpha value is -3.88.